The van der Waals surface area contributed by atoms with Gasteiger partial charge in [0.2, 0.25) is 5.91 Å². The number of benzene rings is 2. The van der Waals surface area contributed by atoms with Gasteiger partial charge in [-0.15, -0.1) is 0 Å². The molecule has 254 valence electrons. The number of carbonyl (C=O) groups excluding carboxylic acids is 1. The second-order valence-corrected chi connectivity index (χ2v) is 12.8. The Balaban J connectivity index is 2.05. The summed E-state index contributed by atoms with van der Waals surface area (Å²) in [5.41, 5.74) is -1.01. The number of amides is 1. The highest BCUT2D eigenvalue weighted by molar-refractivity contribution is 6.40. The molecule has 9 nitrogen and oxygen atoms in total. The molecule has 1 N–H and O–H groups in total. The lowest BCUT2D eigenvalue weighted by molar-refractivity contribution is -0.127. The number of rotatable bonds is 6. The van der Waals surface area contributed by atoms with Gasteiger partial charge in [0.1, 0.15) is 11.6 Å². The molecule has 48 heavy (non-hydrogen) atoms. The monoisotopic (exact) mass is 682 g/mol. The molecule has 2 aliphatic rings. The molecule has 1 aromatic heterocycles. The van der Waals surface area contributed by atoms with Crippen LogP contribution in [0.25, 0.3) is 27.7 Å². The van der Waals surface area contributed by atoms with Gasteiger partial charge in [-0.05, 0) is 50.0 Å². The van der Waals surface area contributed by atoms with Gasteiger partial charge in [-0.25, -0.2) is 18.0 Å². The number of hydrogen-bond donors (Lipinski definition) is 1. The Morgan fingerprint density at radius 2 is 1.83 bits per heavy atom. The van der Waals surface area contributed by atoms with Gasteiger partial charge in [-0.3, -0.25) is 14.4 Å². The van der Waals surface area contributed by atoms with Gasteiger partial charge in [0.25, 0.3) is 0 Å². The van der Waals surface area contributed by atoms with Crippen LogP contribution < -0.4 is 15.5 Å². The zero-order valence-electron chi connectivity index (χ0n) is 27.7. The highest BCUT2D eigenvalue weighted by Crippen LogP contribution is 2.50. The van der Waals surface area contributed by atoms with Gasteiger partial charge in [0.15, 0.2) is 17.5 Å². The Kier molecular flexibility index (Phi) is 9.51. The molecule has 0 saturated carbocycles. The van der Waals surface area contributed by atoms with Crippen molar-refractivity contribution in [3.8, 4) is 16.9 Å². The first kappa shape index (κ1) is 34.7. The van der Waals surface area contributed by atoms with Crippen LogP contribution in [0.3, 0.4) is 0 Å². The molecule has 1 fully saturated rings. The Labute approximate surface area is 281 Å². The Hall–Kier alpha value is -4.58. The van der Waals surface area contributed by atoms with Crippen molar-refractivity contribution in [3.63, 3.8) is 0 Å². The highest BCUT2D eigenvalue weighted by Gasteiger charge is 2.40. The smallest absolute Gasteiger partial charge is 0.354 e. The number of aliphatic imine (C=N–C) groups is 1. The molecule has 0 spiro atoms. The molecule has 13 heteroatoms. The van der Waals surface area contributed by atoms with E-state index in [1.807, 2.05) is 25.7 Å². The summed E-state index contributed by atoms with van der Waals surface area (Å²) >= 11 is 7.12. The average molecular weight is 683 g/mol. The van der Waals surface area contributed by atoms with E-state index in [0.717, 1.165) is 12.1 Å². The van der Waals surface area contributed by atoms with Crippen molar-refractivity contribution in [1.82, 2.24) is 14.5 Å². The first-order chi connectivity index (χ1) is 22.7. The van der Waals surface area contributed by atoms with Crippen molar-refractivity contribution < 1.29 is 23.1 Å². The summed E-state index contributed by atoms with van der Waals surface area (Å²) in [6, 6.07) is 0.923. The number of aromatic nitrogens is 2. The van der Waals surface area contributed by atoms with Crippen LogP contribution in [0.2, 0.25) is 5.02 Å². The normalized spacial score (nSPS) is 18.8. The number of piperazine rings is 1. The lowest BCUT2D eigenvalue weighted by atomic mass is 9.94. The van der Waals surface area contributed by atoms with E-state index in [0.29, 0.717) is 24.3 Å². The van der Waals surface area contributed by atoms with Crippen LogP contribution in [0.5, 0.6) is 5.75 Å². The summed E-state index contributed by atoms with van der Waals surface area (Å²) in [7, 11) is 3.20. The van der Waals surface area contributed by atoms with E-state index in [1.54, 1.807) is 30.8 Å². The predicted molar refractivity (Wildman–Crippen MR) is 186 cm³/mol. The fourth-order valence-corrected chi connectivity index (χ4v) is 7.27. The highest BCUT2D eigenvalue weighted by atomic mass is 35.5. The maximum atomic E-state index is 17.2. The molecule has 2 aliphatic heterocycles. The van der Waals surface area contributed by atoms with Crippen molar-refractivity contribution in [2.45, 2.75) is 46.2 Å². The van der Waals surface area contributed by atoms with E-state index in [4.69, 9.17) is 11.6 Å². The molecule has 0 radical (unpaired) electrons. The molecular weight excluding hydrogens is 645 g/mol. The number of phenolic OH excluding ortho intramolecular Hbond substituents is 1. The quantitative estimate of drug-likeness (QED) is 0.183. The third kappa shape index (κ3) is 5.45. The van der Waals surface area contributed by atoms with Gasteiger partial charge in [-0.1, -0.05) is 44.7 Å². The van der Waals surface area contributed by atoms with E-state index >= 15 is 8.78 Å². The van der Waals surface area contributed by atoms with Crippen LogP contribution in [-0.2, 0) is 4.79 Å². The number of aromatic hydroxyl groups is 1. The van der Waals surface area contributed by atoms with E-state index < -0.39 is 45.0 Å². The van der Waals surface area contributed by atoms with Crippen LogP contribution in [0.1, 0.15) is 34.1 Å². The zero-order chi connectivity index (χ0) is 35.4. The minimum absolute atomic E-state index is 0.0385. The standard InChI is InChI=1S/C35H38ClF3N6O3/c1-9-18(5)31(30(40-7)17(3)4)45-32-26-33(29(39)25(27(32)36)24-22(46)12-11-21(37)28(24)38)42(8)14-13-20-16-43(23(47)10-2)15-19(6)44(20)34(26)41-35(45)48/h9-12,17,19-20,46H,1-2,13-16H2,3-8H3/b31-18+,40-30-. The minimum Gasteiger partial charge on any atom is -0.507 e. The van der Waals surface area contributed by atoms with Crippen molar-refractivity contribution in [3.05, 3.63) is 76.0 Å². The van der Waals surface area contributed by atoms with Crippen LogP contribution in [0.4, 0.5) is 24.7 Å². The Morgan fingerprint density at radius 3 is 2.44 bits per heavy atom. The average Bonchev–Trinajstić information content (AvgIpc) is 3.04. The molecular formula is C35H38ClF3N6O3. The van der Waals surface area contributed by atoms with E-state index in [-0.39, 0.29) is 65.1 Å². The molecule has 5 rings (SSSR count). The number of nitrogens with zero attached hydrogens (tertiary/aromatic N) is 6. The van der Waals surface area contributed by atoms with Crippen molar-refractivity contribution in [1.29, 1.82) is 0 Å². The van der Waals surface area contributed by atoms with Gasteiger partial charge in [0, 0.05) is 45.3 Å². The zero-order valence-corrected chi connectivity index (χ0v) is 28.5. The third-order valence-electron chi connectivity index (χ3n) is 9.12. The summed E-state index contributed by atoms with van der Waals surface area (Å²) in [6.07, 6.45) is 3.21. The van der Waals surface area contributed by atoms with Gasteiger partial charge < -0.3 is 19.8 Å². The maximum Gasteiger partial charge on any atom is 0.354 e. The maximum absolute atomic E-state index is 17.2. The molecule has 1 amide bonds. The van der Waals surface area contributed by atoms with Crippen molar-refractivity contribution in [2.24, 2.45) is 10.9 Å². The topological polar surface area (TPSA) is 94.3 Å². The number of anilines is 2. The van der Waals surface area contributed by atoms with Crippen molar-refractivity contribution in [2.75, 3.05) is 43.5 Å². The third-order valence-corrected chi connectivity index (χ3v) is 9.49. The van der Waals surface area contributed by atoms with E-state index in [1.165, 1.54) is 16.7 Å². The predicted octanol–water partition coefficient (Wildman–Crippen LogP) is 6.42. The summed E-state index contributed by atoms with van der Waals surface area (Å²) in [5.74, 6) is -4.94. The molecule has 2 atom stereocenters. The van der Waals surface area contributed by atoms with E-state index in [9.17, 15) is 19.1 Å². The molecule has 0 bridgehead atoms. The lowest BCUT2D eigenvalue weighted by Crippen LogP contribution is -2.60. The van der Waals surface area contributed by atoms with Crippen LogP contribution in [0, 0.1) is 23.4 Å². The van der Waals surface area contributed by atoms with Crippen LogP contribution >= 0.6 is 11.6 Å². The second kappa shape index (κ2) is 13.1. The largest absolute Gasteiger partial charge is 0.507 e. The summed E-state index contributed by atoms with van der Waals surface area (Å²) in [5, 5.41) is 10.5. The minimum atomic E-state index is -1.51. The lowest BCUT2D eigenvalue weighted by Gasteiger charge is -2.48. The fraction of sp³-hybridized carbons (Fsp3) is 0.371. The molecule has 2 unspecified atom stereocenters. The van der Waals surface area contributed by atoms with Gasteiger partial charge in [-0.2, -0.15) is 4.98 Å². The number of allylic oxidation sites excluding steroid dienone is 3. The molecule has 1 saturated heterocycles. The number of carbonyl (C=O) groups is 1. The van der Waals surface area contributed by atoms with E-state index in [2.05, 4.69) is 23.1 Å². The number of phenols is 1. The summed E-state index contributed by atoms with van der Waals surface area (Å²) < 4.78 is 48.6. The van der Waals surface area contributed by atoms with Gasteiger partial charge >= 0.3 is 5.69 Å². The van der Waals surface area contributed by atoms with Crippen LogP contribution in [-0.4, -0.2) is 77.0 Å². The second-order valence-electron chi connectivity index (χ2n) is 12.5. The molecule has 0 aliphatic carbocycles. The summed E-state index contributed by atoms with van der Waals surface area (Å²) in [6.45, 7) is 15.7. The molecule has 3 heterocycles. The Morgan fingerprint density at radius 1 is 1.15 bits per heavy atom. The first-order valence-electron chi connectivity index (χ1n) is 15.6. The number of hydrogen-bond acceptors (Lipinski definition) is 7. The number of fused-ring (bicyclic) bond motifs is 2. The molecule has 3 aromatic rings. The Bertz CT molecular complexity index is 1990. The van der Waals surface area contributed by atoms with Gasteiger partial charge in [0.05, 0.1) is 44.6 Å². The van der Waals surface area contributed by atoms with Crippen LogP contribution in [0.15, 0.2) is 52.8 Å². The first-order valence-corrected chi connectivity index (χ1v) is 15.9. The SMILES string of the molecule is C=CC(=O)N1CC(C)N2c3nc(=O)n(C(/C(=N\C)C(C)C)=C(\C)C=C)c4c(Cl)c(-c5c(O)ccc(F)c5F)c(F)c(c34)N(C)CCC2C1. The number of halogens is 4. The fourth-order valence-electron chi connectivity index (χ4n) is 6.92. The van der Waals surface area contributed by atoms with Crippen molar-refractivity contribution >= 4 is 51.3 Å². The molecule has 2 aromatic carbocycles. The summed E-state index contributed by atoms with van der Waals surface area (Å²) in [4.78, 5) is 41.4.